The number of benzene rings is 1. The molecule has 1 aromatic carbocycles. The minimum absolute atomic E-state index is 0.00350. The van der Waals surface area contributed by atoms with E-state index in [-0.39, 0.29) is 17.9 Å². The van der Waals surface area contributed by atoms with Crippen molar-refractivity contribution in [3.63, 3.8) is 0 Å². The van der Waals surface area contributed by atoms with Crippen molar-refractivity contribution < 1.29 is 19.4 Å². The van der Waals surface area contributed by atoms with E-state index in [0.29, 0.717) is 13.0 Å². The van der Waals surface area contributed by atoms with Crippen LogP contribution < -0.4 is 4.74 Å². The van der Waals surface area contributed by atoms with Gasteiger partial charge in [0.25, 0.3) is 0 Å². The molecule has 1 N–H and O–H groups in total. The monoisotopic (exact) mass is 303 g/mol. The molecule has 2 aliphatic rings. The van der Waals surface area contributed by atoms with Crippen molar-refractivity contribution in [3.8, 4) is 5.75 Å². The van der Waals surface area contributed by atoms with Crippen LogP contribution >= 0.6 is 0 Å². The molecule has 0 radical (unpaired) electrons. The van der Waals surface area contributed by atoms with Crippen molar-refractivity contribution >= 4 is 11.9 Å². The normalized spacial score (nSPS) is 26.8. The fraction of sp³-hybridized carbons (Fsp3) is 0.529. The number of aliphatic carboxylic acids is 1. The SMILES string of the molecule is CCOc1ccc([C@@H]2CCCN2C(=O)[C@H]2C[C@H]2C(=O)O)cc1. The van der Waals surface area contributed by atoms with Crippen molar-refractivity contribution in [1.82, 2.24) is 4.90 Å². The Morgan fingerprint density at radius 1 is 1.27 bits per heavy atom. The number of carbonyl (C=O) groups is 2. The van der Waals surface area contributed by atoms with E-state index in [9.17, 15) is 9.59 Å². The Hall–Kier alpha value is -2.04. The van der Waals surface area contributed by atoms with Crippen LogP contribution in [-0.2, 0) is 9.59 Å². The third-order valence-corrected chi connectivity index (χ3v) is 4.54. The molecule has 1 saturated heterocycles. The molecule has 22 heavy (non-hydrogen) atoms. The van der Waals surface area contributed by atoms with Crippen LogP contribution in [0.3, 0.4) is 0 Å². The van der Waals surface area contributed by atoms with Gasteiger partial charge < -0.3 is 14.7 Å². The van der Waals surface area contributed by atoms with E-state index in [4.69, 9.17) is 9.84 Å². The number of nitrogens with zero attached hydrogens (tertiary/aromatic N) is 1. The zero-order chi connectivity index (χ0) is 15.7. The lowest BCUT2D eigenvalue weighted by atomic mass is 10.0. The zero-order valence-electron chi connectivity index (χ0n) is 12.7. The van der Waals surface area contributed by atoms with E-state index in [2.05, 4.69) is 0 Å². The molecule has 118 valence electrons. The average Bonchev–Trinajstić information content (AvgIpc) is 3.18. The third kappa shape index (κ3) is 2.80. The second kappa shape index (κ2) is 5.99. The van der Waals surface area contributed by atoms with Crippen LogP contribution in [0.5, 0.6) is 5.75 Å². The second-order valence-electron chi connectivity index (χ2n) is 5.98. The van der Waals surface area contributed by atoms with Crippen LogP contribution in [0.25, 0.3) is 0 Å². The van der Waals surface area contributed by atoms with E-state index in [1.54, 1.807) is 0 Å². The van der Waals surface area contributed by atoms with Gasteiger partial charge in [0.05, 0.1) is 24.5 Å². The Morgan fingerprint density at radius 2 is 2.00 bits per heavy atom. The maximum Gasteiger partial charge on any atom is 0.307 e. The molecule has 2 fully saturated rings. The van der Waals surface area contributed by atoms with E-state index < -0.39 is 11.9 Å². The lowest BCUT2D eigenvalue weighted by Crippen LogP contribution is -2.32. The summed E-state index contributed by atoms with van der Waals surface area (Å²) in [5, 5.41) is 8.99. The lowest BCUT2D eigenvalue weighted by Gasteiger charge is -2.25. The molecule has 1 saturated carbocycles. The highest BCUT2D eigenvalue weighted by Gasteiger charge is 2.51. The van der Waals surface area contributed by atoms with Gasteiger partial charge in [-0.05, 0) is 43.9 Å². The number of carbonyl (C=O) groups excluding carboxylic acids is 1. The molecule has 0 spiro atoms. The van der Waals surface area contributed by atoms with Gasteiger partial charge in [-0.2, -0.15) is 0 Å². The molecule has 0 unspecified atom stereocenters. The third-order valence-electron chi connectivity index (χ3n) is 4.54. The van der Waals surface area contributed by atoms with Gasteiger partial charge >= 0.3 is 5.97 Å². The predicted molar refractivity (Wildman–Crippen MR) is 80.5 cm³/mol. The summed E-state index contributed by atoms with van der Waals surface area (Å²) < 4.78 is 5.44. The Morgan fingerprint density at radius 3 is 2.59 bits per heavy atom. The van der Waals surface area contributed by atoms with Gasteiger partial charge in [-0.15, -0.1) is 0 Å². The Bertz CT molecular complexity index is 569. The van der Waals surface area contributed by atoms with Crippen LogP contribution in [0.1, 0.15) is 37.8 Å². The second-order valence-corrected chi connectivity index (χ2v) is 5.98. The molecule has 5 nitrogen and oxygen atoms in total. The van der Waals surface area contributed by atoms with Gasteiger partial charge in [-0.1, -0.05) is 12.1 Å². The van der Waals surface area contributed by atoms with Gasteiger partial charge in [0.1, 0.15) is 5.75 Å². The number of likely N-dealkylation sites (tertiary alicyclic amines) is 1. The maximum atomic E-state index is 12.5. The summed E-state index contributed by atoms with van der Waals surface area (Å²) in [5.74, 6) is -0.816. The van der Waals surface area contributed by atoms with E-state index >= 15 is 0 Å². The van der Waals surface area contributed by atoms with E-state index in [1.165, 1.54) is 0 Å². The van der Waals surface area contributed by atoms with Crippen LogP contribution in [0.4, 0.5) is 0 Å². The van der Waals surface area contributed by atoms with Crippen molar-refractivity contribution in [2.24, 2.45) is 11.8 Å². The van der Waals surface area contributed by atoms with Crippen LogP contribution in [0, 0.1) is 11.8 Å². The molecule has 1 heterocycles. The number of rotatable bonds is 5. The van der Waals surface area contributed by atoms with Gasteiger partial charge in [0, 0.05) is 6.54 Å². The zero-order valence-corrected chi connectivity index (χ0v) is 12.7. The highest BCUT2D eigenvalue weighted by atomic mass is 16.5. The van der Waals surface area contributed by atoms with Crippen LogP contribution in [-0.4, -0.2) is 35.0 Å². The van der Waals surface area contributed by atoms with Gasteiger partial charge in [0.2, 0.25) is 5.91 Å². The lowest BCUT2D eigenvalue weighted by molar-refractivity contribution is -0.142. The summed E-state index contributed by atoms with van der Waals surface area (Å²) in [6.45, 7) is 3.30. The minimum Gasteiger partial charge on any atom is -0.494 e. The number of ether oxygens (including phenoxy) is 1. The predicted octanol–water partition coefficient (Wildman–Crippen LogP) is 2.47. The Balaban J connectivity index is 1.70. The number of carboxylic acid groups (broad SMARTS) is 1. The summed E-state index contributed by atoms with van der Waals surface area (Å²) in [6.07, 6.45) is 2.39. The summed E-state index contributed by atoms with van der Waals surface area (Å²) in [6, 6.07) is 7.93. The first-order valence-electron chi connectivity index (χ1n) is 7.88. The summed E-state index contributed by atoms with van der Waals surface area (Å²) in [7, 11) is 0. The number of hydrogen-bond donors (Lipinski definition) is 1. The average molecular weight is 303 g/mol. The number of carboxylic acids is 1. The molecule has 1 aromatic rings. The molecule has 3 rings (SSSR count). The van der Waals surface area contributed by atoms with E-state index in [0.717, 1.165) is 30.7 Å². The van der Waals surface area contributed by atoms with E-state index in [1.807, 2.05) is 36.1 Å². The smallest absolute Gasteiger partial charge is 0.307 e. The number of amides is 1. The first-order chi connectivity index (χ1) is 10.6. The topological polar surface area (TPSA) is 66.8 Å². The molecular weight excluding hydrogens is 282 g/mol. The van der Waals surface area contributed by atoms with Crippen LogP contribution in [0.15, 0.2) is 24.3 Å². The van der Waals surface area contributed by atoms with Crippen molar-refractivity contribution in [1.29, 1.82) is 0 Å². The summed E-state index contributed by atoms with van der Waals surface area (Å²) in [4.78, 5) is 25.3. The van der Waals surface area contributed by atoms with Gasteiger partial charge in [-0.3, -0.25) is 9.59 Å². The fourth-order valence-corrected chi connectivity index (χ4v) is 3.28. The molecule has 1 aliphatic carbocycles. The van der Waals surface area contributed by atoms with Crippen molar-refractivity contribution in [2.75, 3.05) is 13.2 Å². The van der Waals surface area contributed by atoms with Crippen molar-refractivity contribution in [3.05, 3.63) is 29.8 Å². The van der Waals surface area contributed by atoms with Crippen molar-refractivity contribution in [2.45, 2.75) is 32.2 Å². The summed E-state index contributed by atoms with van der Waals surface area (Å²) >= 11 is 0. The highest BCUT2D eigenvalue weighted by molar-refractivity contribution is 5.89. The highest BCUT2D eigenvalue weighted by Crippen LogP contribution is 2.43. The molecular formula is C17H21NO4. The molecule has 1 amide bonds. The fourth-order valence-electron chi connectivity index (χ4n) is 3.28. The molecule has 0 aromatic heterocycles. The Labute approximate surface area is 129 Å². The quantitative estimate of drug-likeness (QED) is 0.907. The largest absolute Gasteiger partial charge is 0.494 e. The molecule has 1 aliphatic heterocycles. The standard InChI is InChI=1S/C17H21NO4/c1-2-22-12-7-5-11(6-8-12)15-4-3-9-18(15)16(19)13-10-14(13)17(20)21/h5-8,13-15H,2-4,9-10H2,1H3,(H,20,21)/t13-,14+,15-/m0/s1. The van der Waals surface area contributed by atoms with Gasteiger partial charge in [0.15, 0.2) is 0 Å². The first kappa shape index (κ1) is 14.9. The number of hydrogen-bond acceptors (Lipinski definition) is 3. The maximum absolute atomic E-state index is 12.5. The minimum atomic E-state index is -0.852. The molecule has 0 bridgehead atoms. The Kier molecular flexibility index (Phi) is 4.05. The first-order valence-corrected chi connectivity index (χ1v) is 7.88. The molecule has 3 atom stereocenters. The summed E-state index contributed by atoms with van der Waals surface area (Å²) in [5.41, 5.74) is 1.10. The van der Waals surface area contributed by atoms with Crippen LogP contribution in [0.2, 0.25) is 0 Å². The molecule has 5 heteroatoms. The van der Waals surface area contributed by atoms with Gasteiger partial charge in [-0.25, -0.2) is 0 Å².